The van der Waals surface area contributed by atoms with Crippen LogP contribution in [-0.4, -0.2) is 54.1 Å². The van der Waals surface area contributed by atoms with E-state index in [2.05, 4.69) is 10.3 Å². The molecule has 0 bridgehead atoms. The highest BCUT2D eigenvalue weighted by molar-refractivity contribution is 7.65. The molecular weight excluding hydrogens is 385 g/mol. The van der Waals surface area contributed by atoms with Crippen LogP contribution >= 0.6 is 7.14 Å². The molecule has 1 fully saturated rings. The number of nitrogens with zero attached hydrogens (tertiary/aromatic N) is 1. The van der Waals surface area contributed by atoms with E-state index < -0.39 is 36.8 Å². The van der Waals surface area contributed by atoms with Crippen LogP contribution in [0, 0.1) is 5.92 Å². The molecule has 0 spiro atoms. The van der Waals surface area contributed by atoms with Crippen LogP contribution in [0.5, 0.6) is 0 Å². The zero-order valence-corrected chi connectivity index (χ0v) is 17.5. The lowest BCUT2D eigenvalue weighted by Crippen LogP contribution is -2.37. The van der Waals surface area contributed by atoms with Gasteiger partial charge in [-0.2, -0.15) is 0 Å². The fraction of sp³-hybridized carbons (Fsp3) is 0.611. The second kappa shape index (κ2) is 9.49. The number of hydrogen-bond donors (Lipinski definition) is 2. The van der Waals surface area contributed by atoms with Gasteiger partial charge in [-0.15, -0.1) is 0 Å². The summed E-state index contributed by atoms with van der Waals surface area (Å²) in [5, 5.41) is 2.70. The molecular formula is C18H28N3O6P. The van der Waals surface area contributed by atoms with Crippen molar-refractivity contribution < 1.29 is 18.8 Å². The highest BCUT2D eigenvalue weighted by atomic mass is 31.2. The Labute approximate surface area is 163 Å². The first-order valence-corrected chi connectivity index (χ1v) is 11.8. The van der Waals surface area contributed by atoms with Gasteiger partial charge in [-0.1, -0.05) is 13.0 Å². The average Bonchev–Trinajstić information content (AvgIpc) is 2.88. The predicted molar refractivity (Wildman–Crippen MR) is 106 cm³/mol. The fourth-order valence-electron chi connectivity index (χ4n) is 2.96. The Kier molecular flexibility index (Phi) is 7.57. The van der Waals surface area contributed by atoms with Crippen molar-refractivity contribution in [3.63, 3.8) is 0 Å². The van der Waals surface area contributed by atoms with Crippen LogP contribution in [0.1, 0.15) is 26.5 Å². The van der Waals surface area contributed by atoms with Crippen LogP contribution in [0.4, 0.5) is 0 Å². The Morgan fingerprint density at radius 3 is 2.75 bits per heavy atom. The second-order valence-electron chi connectivity index (χ2n) is 7.32. The number of aromatic nitrogens is 2. The van der Waals surface area contributed by atoms with Crippen LogP contribution in [0.3, 0.4) is 0 Å². The maximum atomic E-state index is 12.2. The highest BCUT2D eigenvalue weighted by Gasteiger charge is 2.43. The van der Waals surface area contributed by atoms with Gasteiger partial charge in [-0.3, -0.25) is 19.1 Å². The summed E-state index contributed by atoms with van der Waals surface area (Å²) in [4.78, 5) is 36.7. The average molecular weight is 413 g/mol. The Balaban J connectivity index is 2.18. The van der Waals surface area contributed by atoms with Gasteiger partial charge in [0.2, 0.25) is 5.91 Å². The zero-order chi connectivity index (χ0) is 20.9. The van der Waals surface area contributed by atoms with Crippen molar-refractivity contribution >= 4 is 13.0 Å². The molecule has 4 atom stereocenters. The molecule has 10 heteroatoms. The van der Waals surface area contributed by atoms with Gasteiger partial charge in [0.15, 0.2) is 6.23 Å². The predicted octanol–water partition coefficient (Wildman–Crippen LogP) is 1.12. The van der Waals surface area contributed by atoms with Gasteiger partial charge < -0.3 is 19.4 Å². The smallest absolute Gasteiger partial charge is 0.330 e. The molecule has 1 aliphatic rings. The Morgan fingerprint density at radius 2 is 2.14 bits per heavy atom. The summed E-state index contributed by atoms with van der Waals surface area (Å²) in [5.41, 5.74) is -1.08. The monoisotopic (exact) mass is 413 g/mol. The summed E-state index contributed by atoms with van der Waals surface area (Å²) in [6, 6.07) is 1.25. The lowest BCUT2D eigenvalue weighted by molar-refractivity contribution is -0.119. The summed E-state index contributed by atoms with van der Waals surface area (Å²) < 4.78 is 25.3. The van der Waals surface area contributed by atoms with Crippen molar-refractivity contribution in [2.45, 2.75) is 38.7 Å². The molecule has 1 aromatic heterocycles. The normalized spacial score (nSPS) is 25.3. The first-order chi connectivity index (χ1) is 13.1. The molecule has 9 nitrogen and oxygen atoms in total. The minimum absolute atomic E-state index is 0.107. The van der Waals surface area contributed by atoms with E-state index in [1.807, 2.05) is 6.92 Å². The number of nitrogens with one attached hydrogen (secondary N) is 2. The van der Waals surface area contributed by atoms with Crippen molar-refractivity contribution in [3.05, 3.63) is 45.0 Å². The third kappa shape index (κ3) is 6.29. The van der Waals surface area contributed by atoms with Gasteiger partial charge in [0.05, 0.1) is 6.10 Å². The molecule has 0 aliphatic carbocycles. The van der Waals surface area contributed by atoms with Gasteiger partial charge >= 0.3 is 5.69 Å². The molecule has 0 saturated carbocycles. The lowest BCUT2D eigenvalue weighted by atomic mass is 10.0. The fourth-order valence-corrected chi connectivity index (χ4v) is 3.55. The first-order valence-electron chi connectivity index (χ1n) is 9.15. The number of carbonyl (C=O) groups excluding carboxylic acids is 1. The van der Waals surface area contributed by atoms with Gasteiger partial charge in [0, 0.05) is 38.3 Å². The van der Waals surface area contributed by atoms with Crippen molar-refractivity contribution in [1.29, 1.82) is 0 Å². The molecule has 1 aromatic rings. The van der Waals surface area contributed by atoms with Crippen LogP contribution in [0.2, 0.25) is 0 Å². The number of carbonyl (C=O) groups is 1. The van der Waals surface area contributed by atoms with Crippen molar-refractivity contribution in [2.24, 2.45) is 5.92 Å². The van der Waals surface area contributed by atoms with E-state index in [9.17, 15) is 18.9 Å². The van der Waals surface area contributed by atoms with Gasteiger partial charge in [0.25, 0.3) is 5.56 Å². The van der Waals surface area contributed by atoms with E-state index in [1.165, 1.54) is 23.8 Å². The highest BCUT2D eigenvalue weighted by Crippen LogP contribution is 2.41. The number of rotatable bonds is 8. The van der Waals surface area contributed by atoms with Crippen molar-refractivity contribution in [2.75, 3.05) is 26.5 Å². The third-order valence-electron chi connectivity index (χ3n) is 4.38. The molecule has 156 valence electrons. The topological polar surface area (TPSA) is 119 Å². The summed E-state index contributed by atoms with van der Waals surface area (Å²) in [6.07, 6.45) is 2.15. The Morgan fingerprint density at radius 1 is 1.43 bits per heavy atom. The maximum absolute atomic E-state index is 12.2. The number of amides is 1. The molecule has 0 unspecified atom stereocenters. The van der Waals surface area contributed by atoms with Crippen LogP contribution in [-0.2, 0) is 18.8 Å². The molecule has 1 amide bonds. The van der Waals surface area contributed by atoms with Gasteiger partial charge in [-0.25, -0.2) is 4.79 Å². The van der Waals surface area contributed by atoms with Gasteiger partial charge in [0.1, 0.15) is 13.2 Å². The minimum atomic E-state index is -2.37. The van der Waals surface area contributed by atoms with Crippen LogP contribution in [0.25, 0.3) is 0 Å². The number of hydrogen-bond acceptors (Lipinski definition) is 6. The Hall–Kier alpha value is -1.96. The molecule has 1 saturated heterocycles. The van der Waals surface area contributed by atoms with Crippen LogP contribution in [0.15, 0.2) is 33.7 Å². The van der Waals surface area contributed by atoms with E-state index in [4.69, 9.17) is 9.47 Å². The van der Waals surface area contributed by atoms with Crippen molar-refractivity contribution in [1.82, 2.24) is 14.9 Å². The summed E-state index contributed by atoms with van der Waals surface area (Å²) in [6.45, 7) is 7.54. The molecule has 1 aliphatic heterocycles. The Bertz CT molecular complexity index is 871. The van der Waals surface area contributed by atoms with E-state index in [-0.39, 0.29) is 11.8 Å². The zero-order valence-electron chi connectivity index (χ0n) is 16.6. The van der Waals surface area contributed by atoms with E-state index in [1.54, 1.807) is 25.2 Å². The SMILES string of the molecule is CC(=O)NCCCO[C@@H]1[C@H](C)[C@@H](/C=C/P(C)(C)=O)O[C@H]1n1ccc(=O)[nH]c1=O. The van der Waals surface area contributed by atoms with Crippen LogP contribution < -0.4 is 16.6 Å². The largest absolute Gasteiger partial charge is 0.373 e. The second-order valence-corrected chi connectivity index (χ2v) is 10.5. The van der Waals surface area contributed by atoms with E-state index in [0.717, 1.165) is 0 Å². The number of ether oxygens (including phenoxy) is 2. The summed E-state index contributed by atoms with van der Waals surface area (Å²) in [7, 11) is -2.37. The van der Waals surface area contributed by atoms with E-state index >= 15 is 0 Å². The van der Waals surface area contributed by atoms with E-state index in [0.29, 0.717) is 19.6 Å². The molecule has 28 heavy (non-hydrogen) atoms. The molecule has 0 radical (unpaired) electrons. The third-order valence-corrected chi connectivity index (χ3v) is 5.27. The summed E-state index contributed by atoms with van der Waals surface area (Å²) in [5.74, 6) is 1.41. The maximum Gasteiger partial charge on any atom is 0.330 e. The quantitative estimate of drug-likeness (QED) is 0.487. The molecule has 2 rings (SSSR count). The number of H-pyrrole nitrogens is 1. The molecule has 0 aromatic carbocycles. The summed E-state index contributed by atoms with van der Waals surface area (Å²) >= 11 is 0. The first kappa shape index (κ1) is 22.3. The lowest BCUT2D eigenvalue weighted by Gasteiger charge is -2.23. The molecule has 2 N–H and O–H groups in total. The molecule has 2 heterocycles. The minimum Gasteiger partial charge on any atom is -0.373 e. The van der Waals surface area contributed by atoms with Crippen molar-refractivity contribution in [3.8, 4) is 0 Å². The number of aromatic amines is 1. The van der Waals surface area contributed by atoms with Gasteiger partial charge in [-0.05, 0) is 25.6 Å². The standard InChI is InChI=1S/C18H28N3O6P/c1-12-14(7-11-28(3,4)25)27-17(21-9-6-15(23)20-18(21)24)16(12)26-10-5-8-19-13(2)22/h6-7,9,11-12,14,16-17H,5,8,10H2,1-4H3,(H,19,22)(H,20,23,24)/b11-7+/t12-,14-,16-,17-/m1/s1.